The molecule has 0 bridgehead atoms. The van der Waals surface area contributed by atoms with E-state index in [-0.39, 0.29) is 66.3 Å². The molecule has 7 N–H and O–H groups in total. The number of carbonyl (C=O) groups excluding carboxylic acids is 7. The summed E-state index contributed by atoms with van der Waals surface area (Å²) in [7, 11) is 3.38. The summed E-state index contributed by atoms with van der Waals surface area (Å²) in [4.78, 5) is 104. The largest absolute Gasteiger partial charge is 0.350 e. The van der Waals surface area contributed by atoms with E-state index in [4.69, 9.17) is 0 Å². The Labute approximate surface area is 468 Å². The molecule has 5 aromatic rings. The van der Waals surface area contributed by atoms with Crippen LogP contribution in [0.3, 0.4) is 0 Å². The Morgan fingerprint density at radius 1 is 0.537 bits per heavy atom. The summed E-state index contributed by atoms with van der Waals surface area (Å²) >= 11 is 0. The van der Waals surface area contributed by atoms with Gasteiger partial charge in [-0.15, -0.1) is 5.10 Å². The molecule has 80 heavy (non-hydrogen) atoms. The SMILES string of the molecule is CC[C@H](NC)C(=O)N[C@@H]1C(=O)N2[C@@H](CC[C@@H]1CNC(=O)c1cn(C[C@H]3CC[C@H]4CC[C@@H](C(=O)NC(c5ccccc5)c5ccccc5)N4C(=O)[C@H]3NC(=O)[C@H](CC)NC)nn1)CC[C@H]2C(=O)NC(c1ccccc1)c1ccccc1. The molecule has 9 rings (SSSR count). The van der Waals surface area contributed by atoms with Gasteiger partial charge < -0.3 is 47.0 Å². The van der Waals surface area contributed by atoms with Crippen molar-refractivity contribution in [3.63, 3.8) is 0 Å². The molecule has 4 aromatic carbocycles. The van der Waals surface area contributed by atoms with E-state index in [9.17, 15) is 28.8 Å². The topological polar surface area (TPSA) is 241 Å². The molecule has 19 nitrogen and oxygen atoms in total. The monoisotopic (exact) mass is 1090 g/mol. The van der Waals surface area contributed by atoms with Gasteiger partial charge in [0.25, 0.3) is 5.91 Å². The Balaban J connectivity index is 0.899. The van der Waals surface area contributed by atoms with Crippen molar-refractivity contribution >= 4 is 41.4 Å². The van der Waals surface area contributed by atoms with Crippen molar-refractivity contribution in [3.05, 3.63) is 155 Å². The number of benzene rings is 4. The van der Waals surface area contributed by atoms with Gasteiger partial charge in [0.05, 0.1) is 30.4 Å². The molecule has 10 atom stereocenters. The van der Waals surface area contributed by atoms with E-state index in [0.29, 0.717) is 64.2 Å². The molecule has 4 aliphatic rings. The van der Waals surface area contributed by atoms with Crippen LogP contribution in [0.1, 0.15) is 123 Å². The molecule has 0 unspecified atom stereocenters. The first-order valence-electron chi connectivity index (χ1n) is 28.5. The van der Waals surface area contributed by atoms with Gasteiger partial charge in [0.1, 0.15) is 24.2 Å². The van der Waals surface area contributed by atoms with E-state index in [1.54, 1.807) is 23.9 Å². The van der Waals surface area contributed by atoms with Crippen LogP contribution in [0.5, 0.6) is 0 Å². The third kappa shape index (κ3) is 12.8. The number of aromatic nitrogens is 3. The van der Waals surface area contributed by atoms with E-state index in [1.807, 2.05) is 135 Å². The van der Waals surface area contributed by atoms with Gasteiger partial charge in [-0.05, 0) is 101 Å². The molecule has 0 saturated carbocycles. The zero-order valence-corrected chi connectivity index (χ0v) is 46.1. The number of nitrogens with one attached hydrogen (secondary N) is 7. The molecular weight excluding hydrogens is 1010 g/mol. The van der Waals surface area contributed by atoms with Crippen LogP contribution in [-0.2, 0) is 35.3 Å². The van der Waals surface area contributed by atoms with Crippen molar-refractivity contribution in [3.8, 4) is 0 Å². The number of amides is 7. The molecule has 0 radical (unpaired) electrons. The Morgan fingerprint density at radius 3 is 1.32 bits per heavy atom. The van der Waals surface area contributed by atoms with Crippen LogP contribution in [0.4, 0.5) is 0 Å². The highest BCUT2D eigenvalue weighted by Crippen LogP contribution is 2.37. The summed E-state index contributed by atoms with van der Waals surface area (Å²) in [5.74, 6) is -3.55. The van der Waals surface area contributed by atoms with Crippen LogP contribution in [0, 0.1) is 11.8 Å². The number of nitrogens with zero attached hydrogens (tertiary/aromatic N) is 5. The summed E-state index contributed by atoms with van der Waals surface area (Å²) in [6.07, 6.45) is 6.72. The normalized spacial score (nSPS) is 23.5. The van der Waals surface area contributed by atoms with Crippen molar-refractivity contribution in [2.75, 3.05) is 20.6 Å². The lowest BCUT2D eigenvalue weighted by Gasteiger charge is -2.33. The van der Waals surface area contributed by atoms with E-state index in [0.717, 1.165) is 22.3 Å². The molecule has 5 heterocycles. The molecule has 0 spiro atoms. The average molecular weight is 1090 g/mol. The van der Waals surface area contributed by atoms with Crippen LogP contribution in [0.25, 0.3) is 0 Å². The first-order valence-corrected chi connectivity index (χ1v) is 28.5. The molecule has 4 saturated heterocycles. The number of hydrogen-bond donors (Lipinski definition) is 7. The molecular formula is C61H76N12O7. The Bertz CT molecular complexity index is 2840. The fourth-order valence-electron chi connectivity index (χ4n) is 12.5. The molecule has 19 heteroatoms. The number of rotatable bonds is 21. The summed E-state index contributed by atoms with van der Waals surface area (Å²) in [6.45, 7) is 3.90. The van der Waals surface area contributed by atoms with Crippen LogP contribution in [-0.4, -0.2) is 135 Å². The fraction of sp³-hybridized carbons (Fsp3) is 0.459. The van der Waals surface area contributed by atoms with Gasteiger partial charge in [0.2, 0.25) is 35.4 Å². The maximum Gasteiger partial charge on any atom is 0.273 e. The fourth-order valence-corrected chi connectivity index (χ4v) is 12.5. The molecule has 1 aromatic heterocycles. The number of carbonyl (C=O) groups is 7. The summed E-state index contributed by atoms with van der Waals surface area (Å²) in [5.41, 5.74) is 3.62. The summed E-state index contributed by atoms with van der Waals surface area (Å²) in [5, 5.41) is 30.2. The first kappa shape index (κ1) is 56.9. The molecule has 4 fully saturated rings. The number of hydrogen-bond acceptors (Lipinski definition) is 11. The van der Waals surface area contributed by atoms with Gasteiger partial charge in [-0.2, -0.15) is 0 Å². The maximum absolute atomic E-state index is 15.1. The zero-order chi connectivity index (χ0) is 56.3. The van der Waals surface area contributed by atoms with E-state index >= 15 is 4.79 Å². The second kappa shape index (κ2) is 26.5. The van der Waals surface area contributed by atoms with Gasteiger partial charge >= 0.3 is 0 Å². The average Bonchev–Trinajstić information content (AvgIpc) is 4.24. The standard InChI is InChI=1S/C61H76N12O7/c1-5-46(62-3)56(75)67-53-42(27-29-44-31-33-49(72(44)60(53)79)58(77)65-51(38-19-11-7-12-20-38)39-21-13-8-14-22-39)35-64-55(74)48-37-71(70-69-48)36-43-28-30-45-32-34-50(73(45)61(80)54(43)68-57(76)47(6-2)63-4)59(78)66-52(40-23-15-9-16-24-40)41-25-17-10-18-26-41/h7-26,37,42-47,49-54,62-63H,5-6,27-36H2,1-4H3,(H,64,74)(H,65,77)(H,66,78)(H,67,75)(H,68,76)/t42-,43-,44+,45+,46+,47+,49+,50+,53+,54+/m1/s1. The maximum atomic E-state index is 15.1. The molecule has 7 amide bonds. The van der Waals surface area contributed by atoms with Crippen molar-refractivity contribution in [1.29, 1.82) is 0 Å². The van der Waals surface area contributed by atoms with E-state index in [2.05, 4.69) is 47.5 Å². The van der Waals surface area contributed by atoms with Gasteiger partial charge in [0, 0.05) is 37.0 Å². The van der Waals surface area contributed by atoms with Gasteiger partial charge in [-0.25, -0.2) is 0 Å². The van der Waals surface area contributed by atoms with Crippen LogP contribution < -0.4 is 37.2 Å². The van der Waals surface area contributed by atoms with Crippen LogP contribution >= 0.6 is 0 Å². The molecule has 4 aliphatic heterocycles. The highest BCUT2D eigenvalue weighted by Gasteiger charge is 2.50. The minimum absolute atomic E-state index is 0.000935. The quantitative estimate of drug-likeness (QED) is 0.0546. The van der Waals surface area contributed by atoms with Crippen molar-refractivity contribution in [2.24, 2.45) is 11.8 Å². The predicted molar refractivity (Wildman–Crippen MR) is 301 cm³/mol. The Morgan fingerprint density at radius 2 is 0.925 bits per heavy atom. The van der Waals surface area contributed by atoms with Crippen LogP contribution in [0.15, 0.2) is 128 Å². The highest BCUT2D eigenvalue weighted by molar-refractivity contribution is 5.96. The minimum Gasteiger partial charge on any atom is -0.350 e. The van der Waals surface area contributed by atoms with Gasteiger partial charge in [-0.3, -0.25) is 38.2 Å². The number of likely N-dealkylation sites (N-methyl/N-ethyl adjacent to an activating group) is 2. The second-order valence-electron chi connectivity index (χ2n) is 21.7. The lowest BCUT2D eigenvalue weighted by atomic mass is 9.92. The molecule has 422 valence electrons. The first-order chi connectivity index (χ1) is 38.9. The smallest absolute Gasteiger partial charge is 0.273 e. The summed E-state index contributed by atoms with van der Waals surface area (Å²) in [6, 6.07) is 32.7. The third-order valence-corrected chi connectivity index (χ3v) is 16.9. The minimum atomic E-state index is -1.05. The second-order valence-corrected chi connectivity index (χ2v) is 21.7. The lowest BCUT2D eigenvalue weighted by Crippen LogP contribution is -2.59. The van der Waals surface area contributed by atoms with Crippen molar-refractivity contribution in [2.45, 2.75) is 145 Å². The molecule has 0 aliphatic carbocycles. The lowest BCUT2D eigenvalue weighted by molar-refractivity contribution is -0.144. The Kier molecular flexibility index (Phi) is 18.8. The Hall–Kier alpha value is -7.77. The summed E-state index contributed by atoms with van der Waals surface area (Å²) < 4.78 is 1.51. The van der Waals surface area contributed by atoms with Gasteiger partial charge in [0.15, 0.2) is 5.69 Å². The van der Waals surface area contributed by atoms with E-state index in [1.165, 1.54) is 10.9 Å². The number of fused-ring (bicyclic) bond motifs is 2. The third-order valence-electron chi connectivity index (χ3n) is 16.9. The van der Waals surface area contributed by atoms with Crippen molar-refractivity contribution in [1.82, 2.24) is 62.0 Å². The zero-order valence-electron chi connectivity index (χ0n) is 46.1. The highest BCUT2D eigenvalue weighted by atomic mass is 16.2. The van der Waals surface area contributed by atoms with Crippen molar-refractivity contribution < 1.29 is 33.6 Å². The van der Waals surface area contributed by atoms with Gasteiger partial charge in [-0.1, -0.05) is 140 Å². The predicted octanol–water partition coefficient (Wildman–Crippen LogP) is 4.32. The van der Waals surface area contributed by atoms with E-state index < -0.39 is 66.1 Å². The van der Waals surface area contributed by atoms with Crippen LogP contribution in [0.2, 0.25) is 0 Å².